The largest absolute Gasteiger partial charge is 0.489 e. The van der Waals surface area contributed by atoms with Crippen molar-refractivity contribution in [2.75, 3.05) is 0 Å². The van der Waals surface area contributed by atoms with Crippen molar-refractivity contribution >= 4 is 27.7 Å². The number of fused-ring (bicyclic) bond motifs is 2. The van der Waals surface area contributed by atoms with E-state index in [0.29, 0.717) is 23.9 Å². The number of hydrogen-bond donors (Lipinski definition) is 1. The summed E-state index contributed by atoms with van der Waals surface area (Å²) in [6.07, 6.45) is 0. The van der Waals surface area contributed by atoms with Crippen molar-refractivity contribution in [3.63, 3.8) is 0 Å². The molecule has 0 radical (unpaired) electrons. The lowest BCUT2D eigenvalue weighted by atomic mass is 10.1. The van der Waals surface area contributed by atoms with E-state index in [0.717, 1.165) is 27.9 Å². The second-order valence-electron chi connectivity index (χ2n) is 8.10. The molecule has 168 valence electrons. The molecule has 0 aliphatic heterocycles. The lowest BCUT2D eigenvalue weighted by Gasteiger charge is -2.16. The molecule has 1 N–H and O–H groups in total. The van der Waals surface area contributed by atoms with Crippen LogP contribution in [0.2, 0.25) is 0 Å². The molecule has 34 heavy (non-hydrogen) atoms. The maximum Gasteiger partial charge on any atom is 0.240 e. The first-order chi connectivity index (χ1) is 16.7. The lowest BCUT2D eigenvalue weighted by Crippen LogP contribution is -2.28. The second-order valence-corrected chi connectivity index (χ2v) is 8.10. The molecular weight excluding hydrogens is 424 g/mol. The summed E-state index contributed by atoms with van der Waals surface area (Å²) in [6.45, 7) is 0.929. The van der Waals surface area contributed by atoms with Gasteiger partial charge in [-0.25, -0.2) is 0 Å². The number of benzene rings is 4. The van der Waals surface area contributed by atoms with Gasteiger partial charge >= 0.3 is 0 Å². The third kappa shape index (κ3) is 4.41. The molecular formula is C29H24N2O3. The van der Waals surface area contributed by atoms with E-state index >= 15 is 0 Å². The summed E-state index contributed by atoms with van der Waals surface area (Å²) < 4.78 is 7.80. The van der Waals surface area contributed by atoms with Crippen LogP contribution in [0.25, 0.3) is 21.8 Å². The summed E-state index contributed by atoms with van der Waals surface area (Å²) in [7, 11) is 0. The third-order valence-electron chi connectivity index (χ3n) is 5.91. The number of rotatable bonds is 7. The first-order valence-corrected chi connectivity index (χ1v) is 11.2. The van der Waals surface area contributed by atoms with Gasteiger partial charge in [0.1, 0.15) is 18.9 Å². The number of amides is 1. The highest BCUT2D eigenvalue weighted by Gasteiger charge is 2.13. The van der Waals surface area contributed by atoms with Gasteiger partial charge in [-0.1, -0.05) is 66.7 Å². The molecule has 1 amide bonds. The topological polar surface area (TPSA) is 60.3 Å². The third-order valence-corrected chi connectivity index (χ3v) is 5.91. The van der Waals surface area contributed by atoms with Gasteiger partial charge in [-0.3, -0.25) is 9.59 Å². The van der Waals surface area contributed by atoms with Gasteiger partial charge in [0.2, 0.25) is 5.91 Å². The van der Waals surface area contributed by atoms with Crippen molar-refractivity contribution in [2.24, 2.45) is 0 Å². The minimum absolute atomic E-state index is 0.0183. The number of pyridine rings is 1. The lowest BCUT2D eigenvalue weighted by molar-refractivity contribution is -0.121. The summed E-state index contributed by atoms with van der Waals surface area (Å²) in [4.78, 5) is 25.9. The molecule has 1 aromatic heterocycles. The Hall–Kier alpha value is -4.38. The minimum Gasteiger partial charge on any atom is -0.489 e. The van der Waals surface area contributed by atoms with Crippen LogP contribution in [0.1, 0.15) is 11.1 Å². The van der Waals surface area contributed by atoms with Crippen molar-refractivity contribution in [1.82, 2.24) is 9.88 Å². The van der Waals surface area contributed by atoms with E-state index < -0.39 is 0 Å². The zero-order valence-electron chi connectivity index (χ0n) is 18.6. The normalized spacial score (nSPS) is 10.9. The van der Waals surface area contributed by atoms with Gasteiger partial charge in [-0.05, 0) is 47.5 Å². The standard InChI is InChI=1S/C29H24N2O3/c32-28(30-18-21-10-4-5-11-22(21)20-34-23-12-2-1-3-13-23)19-31-26-16-8-6-14-24(26)29(33)25-15-7-9-17-27(25)31/h1-17H,18-20H2,(H,30,32). The van der Waals surface area contributed by atoms with E-state index in [1.165, 1.54) is 0 Å². The van der Waals surface area contributed by atoms with Gasteiger partial charge in [-0.15, -0.1) is 0 Å². The molecule has 5 nitrogen and oxygen atoms in total. The first kappa shape index (κ1) is 21.5. The number of ether oxygens (including phenoxy) is 1. The maximum atomic E-state index is 13.0. The number of hydrogen-bond acceptors (Lipinski definition) is 3. The van der Waals surface area contributed by atoms with Crippen LogP contribution in [0, 0.1) is 0 Å². The molecule has 4 aromatic carbocycles. The van der Waals surface area contributed by atoms with Crippen LogP contribution >= 0.6 is 0 Å². The van der Waals surface area contributed by atoms with Gasteiger partial charge < -0.3 is 14.6 Å². The van der Waals surface area contributed by atoms with E-state index in [9.17, 15) is 9.59 Å². The number of carbonyl (C=O) groups excluding carboxylic acids is 1. The van der Waals surface area contributed by atoms with Crippen LogP contribution in [-0.4, -0.2) is 10.5 Å². The average molecular weight is 449 g/mol. The number of nitrogens with one attached hydrogen (secondary N) is 1. The predicted molar refractivity (Wildman–Crippen MR) is 135 cm³/mol. The summed E-state index contributed by atoms with van der Waals surface area (Å²) in [5.41, 5.74) is 3.50. The van der Waals surface area contributed by atoms with E-state index in [2.05, 4.69) is 5.32 Å². The van der Waals surface area contributed by atoms with Crippen molar-refractivity contribution in [1.29, 1.82) is 0 Å². The van der Waals surface area contributed by atoms with E-state index in [1.54, 1.807) is 0 Å². The quantitative estimate of drug-likeness (QED) is 0.355. The summed E-state index contributed by atoms with van der Waals surface area (Å²) in [5, 5.41) is 4.25. The number of nitrogens with zero attached hydrogens (tertiary/aromatic N) is 1. The zero-order valence-corrected chi connectivity index (χ0v) is 18.6. The molecule has 0 aliphatic rings. The molecule has 1 heterocycles. The molecule has 5 aromatic rings. The molecule has 0 bridgehead atoms. The molecule has 0 unspecified atom stereocenters. The fraction of sp³-hybridized carbons (Fsp3) is 0.103. The molecule has 0 spiro atoms. The number of para-hydroxylation sites is 3. The zero-order chi connectivity index (χ0) is 23.3. The SMILES string of the molecule is O=C(Cn1c2ccccc2c(=O)c2ccccc21)NCc1ccccc1COc1ccccc1. The maximum absolute atomic E-state index is 13.0. The number of aromatic nitrogens is 1. The highest BCUT2D eigenvalue weighted by atomic mass is 16.5. The minimum atomic E-state index is -0.127. The molecule has 5 rings (SSSR count). The summed E-state index contributed by atoms with van der Waals surface area (Å²) in [6, 6.07) is 32.4. The Kier molecular flexibility index (Phi) is 6.08. The van der Waals surface area contributed by atoms with Crippen LogP contribution in [0.3, 0.4) is 0 Å². The first-order valence-electron chi connectivity index (χ1n) is 11.2. The van der Waals surface area contributed by atoms with E-state index in [4.69, 9.17) is 4.74 Å². The van der Waals surface area contributed by atoms with Gasteiger partial charge in [0.25, 0.3) is 0 Å². The van der Waals surface area contributed by atoms with Gasteiger partial charge in [0.05, 0.1) is 11.0 Å². The van der Waals surface area contributed by atoms with Crippen molar-refractivity contribution in [3.8, 4) is 5.75 Å². The molecule has 5 heteroatoms. The van der Waals surface area contributed by atoms with Crippen LogP contribution in [-0.2, 0) is 24.5 Å². The Bertz CT molecular complexity index is 1460. The van der Waals surface area contributed by atoms with Crippen molar-refractivity contribution < 1.29 is 9.53 Å². The summed E-state index contributed by atoms with van der Waals surface area (Å²) >= 11 is 0. The summed E-state index contributed by atoms with van der Waals surface area (Å²) in [5.74, 6) is 0.677. The average Bonchev–Trinajstić information content (AvgIpc) is 2.90. The van der Waals surface area contributed by atoms with E-state index in [1.807, 2.05) is 108 Å². The molecule has 0 saturated heterocycles. The molecule has 0 aliphatic carbocycles. The van der Waals surface area contributed by atoms with Crippen molar-refractivity contribution in [2.45, 2.75) is 19.7 Å². The Balaban J connectivity index is 1.35. The predicted octanol–water partition coefficient (Wildman–Crippen LogP) is 5.05. The molecule has 0 atom stereocenters. The Morgan fingerprint density at radius 1 is 0.706 bits per heavy atom. The molecule has 0 saturated carbocycles. The highest BCUT2D eigenvalue weighted by Crippen LogP contribution is 2.19. The fourth-order valence-electron chi connectivity index (χ4n) is 4.19. The van der Waals surface area contributed by atoms with Crippen LogP contribution in [0.5, 0.6) is 5.75 Å². The Morgan fingerprint density at radius 3 is 1.94 bits per heavy atom. The number of carbonyl (C=O) groups is 1. The Morgan fingerprint density at radius 2 is 1.26 bits per heavy atom. The van der Waals surface area contributed by atoms with Crippen LogP contribution in [0.15, 0.2) is 108 Å². The van der Waals surface area contributed by atoms with Crippen LogP contribution < -0.4 is 15.5 Å². The monoisotopic (exact) mass is 448 g/mol. The highest BCUT2D eigenvalue weighted by molar-refractivity contribution is 5.94. The van der Waals surface area contributed by atoms with Crippen molar-refractivity contribution in [3.05, 3.63) is 124 Å². The van der Waals surface area contributed by atoms with Crippen LogP contribution in [0.4, 0.5) is 0 Å². The Labute approximate surface area is 197 Å². The smallest absolute Gasteiger partial charge is 0.240 e. The van der Waals surface area contributed by atoms with Gasteiger partial charge in [0.15, 0.2) is 5.43 Å². The van der Waals surface area contributed by atoms with Gasteiger partial charge in [-0.2, -0.15) is 0 Å². The van der Waals surface area contributed by atoms with E-state index in [-0.39, 0.29) is 17.9 Å². The second kappa shape index (κ2) is 9.63. The van der Waals surface area contributed by atoms with Gasteiger partial charge in [0, 0.05) is 17.3 Å². The molecule has 0 fully saturated rings. The fourth-order valence-corrected chi connectivity index (χ4v) is 4.19.